The molecule has 2 heteroatoms. The molecule has 1 aliphatic rings. The molecule has 0 amide bonds. The molecule has 19 heavy (non-hydrogen) atoms. The van der Waals surface area contributed by atoms with E-state index in [0.717, 1.165) is 11.2 Å². The first kappa shape index (κ1) is 11.2. The monoisotopic (exact) mass is 358 g/mol. The van der Waals surface area contributed by atoms with E-state index < -0.39 is 0 Å². The first-order valence-electron chi connectivity index (χ1n) is 6.15. The molecule has 92 valence electrons. The van der Waals surface area contributed by atoms with Crippen LogP contribution in [-0.4, -0.2) is 4.01 Å². The minimum absolute atomic E-state index is 0.140. The molecule has 0 bridgehead atoms. The van der Waals surface area contributed by atoms with Crippen molar-refractivity contribution in [3.63, 3.8) is 0 Å². The minimum Gasteiger partial charge on any atom is -0.456 e. The van der Waals surface area contributed by atoms with E-state index in [1.165, 1.54) is 21.9 Å². The smallest absolute Gasteiger partial charge is 0.135 e. The van der Waals surface area contributed by atoms with Crippen molar-refractivity contribution in [3.8, 4) is 0 Å². The molecule has 0 saturated carbocycles. The summed E-state index contributed by atoms with van der Waals surface area (Å²) in [7, 11) is 0. The van der Waals surface area contributed by atoms with Crippen LogP contribution in [0, 0.1) is 0 Å². The highest BCUT2D eigenvalue weighted by atomic mass is 127. The van der Waals surface area contributed by atoms with Crippen molar-refractivity contribution >= 4 is 52.3 Å². The molecule has 3 aromatic rings. The summed E-state index contributed by atoms with van der Waals surface area (Å²) in [6.45, 7) is 0. The Balaban J connectivity index is 2.00. The molecule has 1 nitrogen and oxygen atoms in total. The highest BCUT2D eigenvalue weighted by molar-refractivity contribution is 14.2. The van der Waals surface area contributed by atoms with Crippen LogP contribution in [0.4, 0.5) is 0 Å². The Hall–Kier alpha value is -1.68. The zero-order valence-electron chi connectivity index (χ0n) is 10.1. The van der Waals surface area contributed by atoms with Crippen LogP contribution in [0.1, 0.15) is 5.56 Å². The summed E-state index contributed by atoms with van der Waals surface area (Å²) in [5, 5.41) is 2.39. The summed E-state index contributed by atoms with van der Waals surface area (Å²) < 4.78 is 10.4. The van der Waals surface area contributed by atoms with Gasteiger partial charge in [0, 0.05) is 10.8 Å². The van der Waals surface area contributed by atoms with E-state index in [9.17, 15) is 0 Å². The predicted octanol–water partition coefficient (Wildman–Crippen LogP) is 5.27. The van der Waals surface area contributed by atoms with Gasteiger partial charge >= 0.3 is 0 Å². The predicted molar refractivity (Wildman–Crippen MR) is 90.9 cm³/mol. The molecule has 0 unspecified atom stereocenters. The molecular formula is C17H11IO. The lowest BCUT2D eigenvalue weighted by molar-refractivity contribution is 0.669. The van der Waals surface area contributed by atoms with Gasteiger partial charge in [-0.25, -0.2) is 0 Å². The fraction of sp³-hybridized carbons (Fsp3) is 0. The molecular weight excluding hydrogens is 347 g/mol. The SMILES string of the molecule is C1=CC(c2ccc3oc4ccccc4c3c2)=CC=I1. The lowest BCUT2D eigenvalue weighted by atomic mass is 10.0. The van der Waals surface area contributed by atoms with Crippen molar-refractivity contribution < 1.29 is 4.42 Å². The third-order valence-corrected chi connectivity index (χ3v) is 4.89. The van der Waals surface area contributed by atoms with Crippen LogP contribution in [0.15, 0.2) is 63.1 Å². The van der Waals surface area contributed by atoms with Crippen molar-refractivity contribution in [1.82, 2.24) is 0 Å². The maximum atomic E-state index is 5.85. The number of halogens is 1. The molecule has 0 aliphatic carbocycles. The number of furan rings is 1. The molecule has 0 spiro atoms. The molecule has 2 aromatic carbocycles. The van der Waals surface area contributed by atoms with E-state index >= 15 is 0 Å². The lowest BCUT2D eigenvalue weighted by Gasteiger charge is -2.03. The number of para-hydroxylation sites is 1. The zero-order chi connectivity index (χ0) is 12.7. The quantitative estimate of drug-likeness (QED) is 0.540. The van der Waals surface area contributed by atoms with Gasteiger partial charge in [-0.1, -0.05) is 45.0 Å². The Morgan fingerprint density at radius 2 is 1.79 bits per heavy atom. The van der Waals surface area contributed by atoms with Gasteiger partial charge in [0.05, 0.1) is 0 Å². The van der Waals surface area contributed by atoms with Gasteiger partial charge in [-0.05, 0) is 49.6 Å². The summed E-state index contributed by atoms with van der Waals surface area (Å²) >= 11 is 0.140. The van der Waals surface area contributed by atoms with Crippen molar-refractivity contribution in [2.45, 2.75) is 0 Å². The Kier molecular flexibility index (Phi) is 2.62. The van der Waals surface area contributed by atoms with Gasteiger partial charge in [-0.15, -0.1) is 0 Å². The lowest BCUT2D eigenvalue weighted by Crippen LogP contribution is -1.82. The standard InChI is InChI=1S/C17H11IO/c1-2-4-16-14(3-1)15-11-13(5-6-17(15)19-16)12-7-9-18-10-8-12/h1-11H. The number of hydrogen-bond acceptors (Lipinski definition) is 1. The molecule has 0 radical (unpaired) electrons. The second-order valence-corrected chi connectivity index (χ2v) is 6.63. The first-order chi connectivity index (χ1) is 9.42. The molecule has 1 aliphatic heterocycles. The number of benzene rings is 2. The van der Waals surface area contributed by atoms with Gasteiger partial charge < -0.3 is 4.42 Å². The van der Waals surface area contributed by atoms with E-state index in [0.29, 0.717) is 0 Å². The summed E-state index contributed by atoms with van der Waals surface area (Å²) in [4.78, 5) is 0. The Bertz CT molecular complexity index is 865. The average Bonchev–Trinajstić information content (AvgIpc) is 2.86. The number of rotatable bonds is 1. The van der Waals surface area contributed by atoms with Crippen LogP contribution >= 0.6 is 20.7 Å². The van der Waals surface area contributed by atoms with Crippen LogP contribution in [-0.2, 0) is 0 Å². The molecule has 2 heterocycles. The van der Waals surface area contributed by atoms with Gasteiger partial charge in [-0.3, -0.25) is 0 Å². The van der Waals surface area contributed by atoms with Crippen molar-refractivity contribution in [3.05, 3.63) is 64.3 Å². The van der Waals surface area contributed by atoms with Gasteiger partial charge in [0.15, 0.2) is 0 Å². The van der Waals surface area contributed by atoms with E-state index in [2.05, 4.69) is 50.6 Å². The van der Waals surface area contributed by atoms with Crippen molar-refractivity contribution in [1.29, 1.82) is 0 Å². The van der Waals surface area contributed by atoms with Crippen LogP contribution in [0.5, 0.6) is 0 Å². The first-order valence-corrected chi connectivity index (χ1v) is 8.65. The third kappa shape index (κ3) is 1.87. The van der Waals surface area contributed by atoms with E-state index in [1.54, 1.807) is 0 Å². The highest BCUT2D eigenvalue weighted by Gasteiger charge is 2.08. The van der Waals surface area contributed by atoms with Crippen molar-refractivity contribution in [2.75, 3.05) is 0 Å². The van der Waals surface area contributed by atoms with Crippen LogP contribution < -0.4 is 0 Å². The van der Waals surface area contributed by atoms with Crippen LogP contribution in [0.3, 0.4) is 0 Å². The average molecular weight is 358 g/mol. The summed E-state index contributed by atoms with van der Waals surface area (Å²) in [6, 6.07) is 14.6. The fourth-order valence-corrected chi connectivity index (χ4v) is 3.83. The van der Waals surface area contributed by atoms with Crippen LogP contribution in [0.25, 0.3) is 27.5 Å². The van der Waals surface area contributed by atoms with Gasteiger partial charge in [0.1, 0.15) is 11.2 Å². The maximum Gasteiger partial charge on any atom is 0.135 e. The molecule has 0 N–H and O–H groups in total. The second-order valence-electron chi connectivity index (χ2n) is 4.48. The van der Waals surface area contributed by atoms with Crippen LogP contribution in [0.2, 0.25) is 0 Å². The number of allylic oxidation sites excluding steroid dienone is 3. The minimum atomic E-state index is 0.140. The summed E-state index contributed by atoms with van der Waals surface area (Å²) in [6.07, 6.45) is 4.47. The second kappa shape index (κ2) is 4.46. The van der Waals surface area contributed by atoms with Gasteiger partial charge in [-0.2, -0.15) is 0 Å². The zero-order valence-corrected chi connectivity index (χ0v) is 12.3. The normalized spacial score (nSPS) is 14.6. The van der Waals surface area contributed by atoms with E-state index in [-0.39, 0.29) is 20.7 Å². The Morgan fingerprint density at radius 1 is 0.895 bits per heavy atom. The van der Waals surface area contributed by atoms with Gasteiger partial charge in [0.25, 0.3) is 0 Å². The Morgan fingerprint density at radius 3 is 2.68 bits per heavy atom. The van der Waals surface area contributed by atoms with E-state index in [1.807, 2.05) is 12.1 Å². The molecule has 0 fully saturated rings. The topological polar surface area (TPSA) is 13.1 Å². The Labute approximate surface area is 121 Å². The molecule has 0 atom stereocenters. The third-order valence-electron chi connectivity index (χ3n) is 3.34. The number of fused-ring (bicyclic) bond motifs is 3. The van der Waals surface area contributed by atoms with Crippen molar-refractivity contribution in [2.24, 2.45) is 0 Å². The maximum absolute atomic E-state index is 5.85. The molecule has 1 aromatic heterocycles. The molecule has 4 rings (SSSR count). The number of hydrogen-bond donors (Lipinski definition) is 0. The van der Waals surface area contributed by atoms with E-state index in [4.69, 9.17) is 4.42 Å². The van der Waals surface area contributed by atoms with Gasteiger partial charge in [0.2, 0.25) is 0 Å². The highest BCUT2D eigenvalue weighted by Crippen LogP contribution is 2.31. The largest absolute Gasteiger partial charge is 0.456 e. The summed E-state index contributed by atoms with van der Waals surface area (Å²) in [5.74, 6) is 0. The fourth-order valence-electron chi connectivity index (χ4n) is 2.40. The summed E-state index contributed by atoms with van der Waals surface area (Å²) in [5.41, 5.74) is 4.47. The molecule has 0 saturated heterocycles.